The van der Waals surface area contributed by atoms with Crippen LogP contribution < -0.4 is 4.74 Å². The Hall–Kier alpha value is -1.97. The lowest BCUT2D eigenvalue weighted by Gasteiger charge is -2.20. The number of hydrogen-bond acceptors (Lipinski definition) is 3. The second-order valence-corrected chi connectivity index (χ2v) is 5.93. The summed E-state index contributed by atoms with van der Waals surface area (Å²) in [6, 6.07) is 3.79. The highest BCUT2D eigenvalue weighted by Gasteiger charge is 2.14. The summed E-state index contributed by atoms with van der Waals surface area (Å²) in [5, 5.41) is 13.8. The topological polar surface area (TPSA) is 46.8 Å². The van der Waals surface area contributed by atoms with Crippen molar-refractivity contribution in [3.63, 3.8) is 0 Å². The molecule has 0 aromatic carbocycles. The summed E-state index contributed by atoms with van der Waals surface area (Å²) in [5.41, 5.74) is 2.49. The summed E-state index contributed by atoms with van der Waals surface area (Å²) >= 11 is 0. The monoisotopic (exact) mass is 260 g/mol. The number of hydrogen-bond donors (Lipinski definition) is 1. The summed E-state index contributed by atoms with van der Waals surface area (Å²) < 4.78 is 7.59. The van der Waals surface area contributed by atoms with Gasteiger partial charge in [-0.1, -0.05) is 27.4 Å². The van der Waals surface area contributed by atoms with Gasteiger partial charge >= 0.3 is 0 Å². The fourth-order valence-corrected chi connectivity index (χ4v) is 1.83. The van der Waals surface area contributed by atoms with Gasteiger partial charge in [0.15, 0.2) is 0 Å². The second kappa shape index (κ2) is 4.61. The maximum Gasteiger partial charge on any atom is 0.140 e. The number of nitrogens with zero attached hydrogens (tertiary/aromatic N) is 2. The summed E-state index contributed by atoms with van der Waals surface area (Å²) in [4.78, 5) is 0. The van der Waals surface area contributed by atoms with Crippen LogP contribution in [0.3, 0.4) is 0 Å². The minimum Gasteiger partial charge on any atom is -0.508 e. The predicted molar refractivity (Wildman–Crippen MR) is 76.5 cm³/mol. The molecule has 0 aliphatic rings. The average molecular weight is 260 g/mol. The Bertz CT molecular complexity index is 621. The third kappa shape index (κ3) is 2.72. The molecule has 19 heavy (non-hydrogen) atoms. The van der Waals surface area contributed by atoms with Gasteiger partial charge in [0.2, 0.25) is 0 Å². The van der Waals surface area contributed by atoms with Crippen LogP contribution in [0, 0.1) is 12.3 Å². The van der Waals surface area contributed by atoms with Gasteiger partial charge in [0.25, 0.3) is 0 Å². The van der Waals surface area contributed by atoms with E-state index < -0.39 is 0 Å². The second-order valence-electron chi connectivity index (χ2n) is 5.93. The number of aryl methyl sites for hydroxylation is 1. The van der Waals surface area contributed by atoms with E-state index in [1.54, 1.807) is 10.7 Å². The van der Waals surface area contributed by atoms with E-state index in [-0.39, 0.29) is 11.2 Å². The molecule has 0 radical (unpaired) electrons. The third-order valence-electron chi connectivity index (χ3n) is 2.84. The summed E-state index contributed by atoms with van der Waals surface area (Å²) in [5.74, 6) is 0.832. The zero-order valence-corrected chi connectivity index (χ0v) is 11.9. The summed E-state index contributed by atoms with van der Waals surface area (Å²) in [6.45, 7) is 12.5. The van der Waals surface area contributed by atoms with Crippen molar-refractivity contribution in [2.45, 2.75) is 27.7 Å². The van der Waals surface area contributed by atoms with Crippen molar-refractivity contribution in [3.05, 3.63) is 36.2 Å². The van der Waals surface area contributed by atoms with E-state index in [2.05, 4.69) is 32.4 Å². The molecule has 0 unspecified atom stereocenters. The first-order valence-electron chi connectivity index (χ1n) is 6.28. The van der Waals surface area contributed by atoms with Crippen LogP contribution in [0.15, 0.2) is 24.9 Å². The van der Waals surface area contributed by atoms with Gasteiger partial charge in [0.05, 0.1) is 29.6 Å². The SMILES string of the molecule is C=C(O)c1cnn2c(C)c(OCC(C)(C)C)ccc12. The van der Waals surface area contributed by atoms with Crippen LogP contribution in [0.2, 0.25) is 0 Å². The van der Waals surface area contributed by atoms with E-state index in [1.165, 1.54) is 0 Å². The number of fused-ring (bicyclic) bond motifs is 1. The predicted octanol–water partition coefficient (Wildman–Crippen LogP) is 3.60. The quantitative estimate of drug-likeness (QED) is 0.858. The Morgan fingerprint density at radius 2 is 2.11 bits per heavy atom. The molecule has 0 amide bonds. The van der Waals surface area contributed by atoms with Crippen molar-refractivity contribution in [1.82, 2.24) is 9.61 Å². The van der Waals surface area contributed by atoms with Crippen LogP contribution >= 0.6 is 0 Å². The zero-order chi connectivity index (χ0) is 14.2. The van der Waals surface area contributed by atoms with Gasteiger partial charge in [-0.05, 0) is 24.5 Å². The first kappa shape index (κ1) is 13.5. The van der Waals surface area contributed by atoms with E-state index in [0.29, 0.717) is 12.2 Å². The van der Waals surface area contributed by atoms with E-state index in [0.717, 1.165) is 17.0 Å². The standard InChI is InChI=1S/C15H20N2O2/c1-10-14(19-9-15(3,4)5)7-6-13-12(11(2)18)8-16-17(10)13/h6-8,18H,2,9H2,1,3-5H3. The van der Waals surface area contributed by atoms with Gasteiger partial charge in [0, 0.05) is 0 Å². The van der Waals surface area contributed by atoms with Gasteiger partial charge in [0.1, 0.15) is 11.5 Å². The molecule has 0 aliphatic heterocycles. The molecular weight excluding hydrogens is 240 g/mol. The number of pyridine rings is 1. The molecular formula is C15H20N2O2. The van der Waals surface area contributed by atoms with Crippen LogP contribution in [-0.2, 0) is 0 Å². The molecule has 0 saturated heterocycles. The van der Waals surface area contributed by atoms with E-state index in [1.807, 2.05) is 19.1 Å². The number of ether oxygens (including phenoxy) is 1. The van der Waals surface area contributed by atoms with Crippen LogP contribution in [0.4, 0.5) is 0 Å². The molecule has 0 fully saturated rings. The Morgan fingerprint density at radius 3 is 2.68 bits per heavy atom. The van der Waals surface area contributed by atoms with Crippen LogP contribution in [0.25, 0.3) is 11.3 Å². The van der Waals surface area contributed by atoms with E-state index in [9.17, 15) is 5.11 Å². The lowest BCUT2D eigenvalue weighted by molar-refractivity contribution is 0.196. The van der Waals surface area contributed by atoms with Crippen molar-refractivity contribution in [1.29, 1.82) is 0 Å². The number of aliphatic hydroxyl groups excluding tert-OH is 1. The Morgan fingerprint density at radius 1 is 1.42 bits per heavy atom. The minimum atomic E-state index is 0.0257. The van der Waals surface area contributed by atoms with Crippen LogP contribution in [0.1, 0.15) is 32.0 Å². The minimum absolute atomic E-state index is 0.0257. The van der Waals surface area contributed by atoms with Crippen molar-refractivity contribution in [3.8, 4) is 5.75 Å². The molecule has 1 N–H and O–H groups in total. The first-order chi connectivity index (χ1) is 8.79. The highest BCUT2D eigenvalue weighted by Crippen LogP contribution is 2.25. The number of rotatable bonds is 3. The van der Waals surface area contributed by atoms with Crippen LogP contribution in [0.5, 0.6) is 5.75 Å². The molecule has 2 aromatic rings. The summed E-state index contributed by atoms with van der Waals surface area (Å²) in [7, 11) is 0. The first-order valence-corrected chi connectivity index (χ1v) is 6.28. The molecule has 0 bridgehead atoms. The van der Waals surface area contributed by atoms with Gasteiger partial charge in [-0.15, -0.1) is 0 Å². The van der Waals surface area contributed by atoms with Crippen molar-refractivity contribution >= 4 is 11.3 Å². The van der Waals surface area contributed by atoms with E-state index >= 15 is 0 Å². The third-order valence-corrected chi connectivity index (χ3v) is 2.84. The molecule has 0 aliphatic carbocycles. The zero-order valence-electron chi connectivity index (χ0n) is 11.9. The van der Waals surface area contributed by atoms with E-state index in [4.69, 9.17) is 4.74 Å². The van der Waals surface area contributed by atoms with Crippen LogP contribution in [-0.4, -0.2) is 21.3 Å². The normalized spacial score (nSPS) is 11.8. The Labute approximate surface area is 113 Å². The van der Waals surface area contributed by atoms with Crippen molar-refractivity contribution < 1.29 is 9.84 Å². The van der Waals surface area contributed by atoms with Gasteiger partial charge in [-0.25, -0.2) is 4.52 Å². The molecule has 4 heteroatoms. The molecule has 0 atom stereocenters. The molecule has 4 nitrogen and oxygen atoms in total. The smallest absolute Gasteiger partial charge is 0.140 e. The summed E-state index contributed by atoms with van der Waals surface area (Å²) in [6.07, 6.45) is 1.61. The Kier molecular flexibility index (Phi) is 3.27. The number of aromatic nitrogens is 2. The Balaban J connectivity index is 2.39. The highest BCUT2D eigenvalue weighted by molar-refractivity contribution is 5.73. The van der Waals surface area contributed by atoms with Crippen molar-refractivity contribution in [2.24, 2.45) is 5.41 Å². The van der Waals surface area contributed by atoms with Crippen molar-refractivity contribution in [2.75, 3.05) is 6.61 Å². The molecule has 0 spiro atoms. The lowest BCUT2D eigenvalue weighted by atomic mass is 9.99. The lowest BCUT2D eigenvalue weighted by Crippen LogP contribution is -2.17. The molecule has 0 saturated carbocycles. The fourth-order valence-electron chi connectivity index (χ4n) is 1.83. The van der Waals surface area contributed by atoms with Gasteiger partial charge in [-0.3, -0.25) is 0 Å². The highest BCUT2D eigenvalue weighted by atomic mass is 16.5. The molecule has 2 heterocycles. The molecule has 2 rings (SSSR count). The average Bonchev–Trinajstić information content (AvgIpc) is 2.71. The molecule has 102 valence electrons. The fraction of sp³-hybridized carbons (Fsp3) is 0.400. The van der Waals surface area contributed by atoms with Gasteiger partial charge < -0.3 is 9.84 Å². The largest absolute Gasteiger partial charge is 0.508 e. The number of aliphatic hydroxyl groups is 1. The molecule has 2 aromatic heterocycles. The maximum atomic E-state index is 9.50. The van der Waals surface area contributed by atoms with Gasteiger partial charge in [-0.2, -0.15) is 5.10 Å². The maximum absolute atomic E-state index is 9.50.